The average molecular weight is 239 g/mol. The number of aliphatic carboxylic acids is 1. The predicted octanol–water partition coefficient (Wildman–Crippen LogP) is 0.563. The highest BCUT2D eigenvalue weighted by Crippen LogP contribution is 2.38. The second kappa shape index (κ2) is 3.80. The molecule has 0 saturated heterocycles. The van der Waals surface area contributed by atoms with Crippen molar-refractivity contribution in [1.29, 1.82) is 0 Å². The molecule has 1 heterocycles. The van der Waals surface area contributed by atoms with Crippen molar-refractivity contribution in [2.75, 3.05) is 7.11 Å². The Labute approximate surface area is 96.2 Å². The minimum Gasteiger partial charge on any atom is -0.480 e. The van der Waals surface area contributed by atoms with Crippen LogP contribution in [0.25, 0.3) is 0 Å². The van der Waals surface area contributed by atoms with Gasteiger partial charge in [0, 0.05) is 30.3 Å². The quantitative estimate of drug-likeness (QED) is 0.603. The third-order valence-electron chi connectivity index (χ3n) is 3.02. The smallest absolute Gasteiger partial charge is 0.323 e. The first kappa shape index (κ1) is 11.5. The lowest BCUT2D eigenvalue weighted by Crippen LogP contribution is -2.41. The van der Waals surface area contributed by atoms with Crippen LogP contribution >= 0.6 is 0 Å². The Kier molecular flexibility index (Phi) is 2.57. The standard InChI is InChI=1S/C11H10FNO4/c1-17-10(16)11(9(14)15)4-6-7(12)2-3-13-8(6)5-11/h2-3H,4-5H2,1H3,(H,14,15). The summed E-state index contributed by atoms with van der Waals surface area (Å²) in [5.41, 5.74) is -1.26. The summed E-state index contributed by atoms with van der Waals surface area (Å²) in [5, 5.41) is 9.18. The van der Waals surface area contributed by atoms with E-state index in [2.05, 4.69) is 9.72 Å². The summed E-state index contributed by atoms with van der Waals surface area (Å²) in [4.78, 5) is 26.8. The summed E-state index contributed by atoms with van der Waals surface area (Å²) < 4.78 is 18.0. The maximum absolute atomic E-state index is 13.5. The van der Waals surface area contributed by atoms with E-state index in [1.165, 1.54) is 6.20 Å². The zero-order valence-electron chi connectivity index (χ0n) is 9.07. The van der Waals surface area contributed by atoms with Gasteiger partial charge in [0.05, 0.1) is 7.11 Å². The first-order chi connectivity index (χ1) is 8.01. The van der Waals surface area contributed by atoms with Gasteiger partial charge in [-0.05, 0) is 6.07 Å². The van der Waals surface area contributed by atoms with E-state index in [1.807, 2.05) is 0 Å². The fraction of sp³-hybridized carbons (Fsp3) is 0.364. The number of carbonyl (C=O) groups is 2. The van der Waals surface area contributed by atoms with Gasteiger partial charge in [-0.2, -0.15) is 0 Å². The van der Waals surface area contributed by atoms with E-state index < -0.39 is 23.2 Å². The number of halogens is 1. The molecule has 1 unspecified atom stereocenters. The Morgan fingerprint density at radius 2 is 2.24 bits per heavy atom. The summed E-state index contributed by atoms with van der Waals surface area (Å²) in [6.45, 7) is 0. The molecule has 5 nitrogen and oxygen atoms in total. The molecule has 0 saturated carbocycles. The second-order valence-electron chi connectivity index (χ2n) is 3.95. The lowest BCUT2D eigenvalue weighted by molar-refractivity contribution is -0.166. The number of hydrogen-bond donors (Lipinski definition) is 1. The van der Waals surface area contributed by atoms with Crippen LogP contribution in [0.3, 0.4) is 0 Å². The Balaban J connectivity index is 2.48. The van der Waals surface area contributed by atoms with Crippen molar-refractivity contribution in [3.63, 3.8) is 0 Å². The number of nitrogens with zero attached hydrogens (tertiary/aromatic N) is 1. The molecular weight excluding hydrogens is 229 g/mol. The van der Waals surface area contributed by atoms with Crippen molar-refractivity contribution in [3.8, 4) is 0 Å². The molecule has 0 fully saturated rings. The van der Waals surface area contributed by atoms with Crippen molar-refractivity contribution in [2.45, 2.75) is 12.8 Å². The highest BCUT2D eigenvalue weighted by molar-refractivity contribution is 6.00. The summed E-state index contributed by atoms with van der Waals surface area (Å²) in [6, 6.07) is 1.15. The van der Waals surface area contributed by atoms with Gasteiger partial charge in [-0.15, -0.1) is 0 Å². The number of esters is 1. The number of rotatable bonds is 2. The second-order valence-corrected chi connectivity index (χ2v) is 3.95. The number of carbonyl (C=O) groups excluding carboxylic acids is 1. The average Bonchev–Trinajstić information content (AvgIpc) is 2.70. The largest absolute Gasteiger partial charge is 0.480 e. The SMILES string of the molecule is COC(=O)C1(C(=O)O)Cc2nccc(F)c2C1. The van der Waals surface area contributed by atoms with Gasteiger partial charge in [0.2, 0.25) is 0 Å². The van der Waals surface area contributed by atoms with Crippen LogP contribution in [0.2, 0.25) is 0 Å². The van der Waals surface area contributed by atoms with Crippen LogP contribution in [0.5, 0.6) is 0 Å². The molecule has 2 rings (SSSR count). The third-order valence-corrected chi connectivity index (χ3v) is 3.02. The molecule has 0 amide bonds. The predicted molar refractivity (Wildman–Crippen MR) is 53.7 cm³/mol. The van der Waals surface area contributed by atoms with Gasteiger partial charge in [0.15, 0.2) is 5.41 Å². The molecule has 6 heteroatoms. The molecular formula is C11H10FNO4. The fourth-order valence-electron chi connectivity index (χ4n) is 2.08. The van der Waals surface area contributed by atoms with Crippen molar-refractivity contribution in [1.82, 2.24) is 4.98 Å². The van der Waals surface area contributed by atoms with Crippen LogP contribution in [0.15, 0.2) is 12.3 Å². The molecule has 0 bridgehead atoms. The minimum absolute atomic E-state index is 0.137. The van der Waals surface area contributed by atoms with Gasteiger partial charge in [-0.1, -0.05) is 0 Å². The molecule has 0 aromatic carbocycles. The maximum atomic E-state index is 13.5. The van der Waals surface area contributed by atoms with Crippen LogP contribution in [0, 0.1) is 11.2 Å². The van der Waals surface area contributed by atoms with Crippen molar-refractivity contribution in [2.24, 2.45) is 5.41 Å². The number of carboxylic acid groups (broad SMARTS) is 1. The van der Waals surface area contributed by atoms with Gasteiger partial charge < -0.3 is 9.84 Å². The monoisotopic (exact) mass is 239 g/mol. The number of fused-ring (bicyclic) bond motifs is 1. The number of aromatic nitrogens is 1. The minimum atomic E-state index is -1.74. The molecule has 1 aromatic heterocycles. The summed E-state index contributed by atoms with van der Waals surface area (Å²) in [7, 11) is 1.11. The lowest BCUT2D eigenvalue weighted by Gasteiger charge is -2.19. The normalized spacial score (nSPS) is 22.0. The third kappa shape index (κ3) is 1.56. The summed E-state index contributed by atoms with van der Waals surface area (Å²) in [6.07, 6.45) is 0.898. The van der Waals surface area contributed by atoms with E-state index in [0.29, 0.717) is 5.69 Å². The molecule has 0 aliphatic heterocycles. The van der Waals surface area contributed by atoms with E-state index in [1.54, 1.807) is 0 Å². The maximum Gasteiger partial charge on any atom is 0.323 e. The van der Waals surface area contributed by atoms with Crippen molar-refractivity contribution < 1.29 is 23.8 Å². The van der Waals surface area contributed by atoms with Gasteiger partial charge in [0.1, 0.15) is 5.82 Å². The van der Waals surface area contributed by atoms with Gasteiger partial charge >= 0.3 is 11.9 Å². The Morgan fingerprint density at radius 1 is 1.53 bits per heavy atom. The molecule has 17 heavy (non-hydrogen) atoms. The summed E-state index contributed by atoms with van der Waals surface area (Å²) in [5.74, 6) is -2.73. The molecule has 0 radical (unpaired) electrons. The van der Waals surface area contributed by atoms with Crippen molar-refractivity contribution in [3.05, 3.63) is 29.3 Å². The molecule has 1 N–H and O–H groups in total. The van der Waals surface area contributed by atoms with Crippen LogP contribution in [0.1, 0.15) is 11.3 Å². The first-order valence-electron chi connectivity index (χ1n) is 4.95. The number of carboxylic acids is 1. The topological polar surface area (TPSA) is 76.5 Å². The molecule has 1 aliphatic rings. The van der Waals surface area contributed by atoms with E-state index in [0.717, 1.165) is 13.2 Å². The lowest BCUT2D eigenvalue weighted by atomic mass is 9.85. The fourth-order valence-corrected chi connectivity index (χ4v) is 2.08. The highest BCUT2D eigenvalue weighted by atomic mass is 19.1. The van der Waals surface area contributed by atoms with E-state index >= 15 is 0 Å². The molecule has 90 valence electrons. The van der Waals surface area contributed by atoms with Gasteiger partial charge in [-0.3, -0.25) is 14.6 Å². The Morgan fingerprint density at radius 3 is 2.76 bits per heavy atom. The Bertz CT molecular complexity index is 502. The van der Waals surface area contributed by atoms with E-state index in [-0.39, 0.29) is 18.4 Å². The number of pyridine rings is 1. The zero-order chi connectivity index (χ0) is 12.6. The van der Waals surface area contributed by atoms with Gasteiger partial charge in [-0.25, -0.2) is 4.39 Å². The summed E-state index contributed by atoms with van der Waals surface area (Å²) >= 11 is 0. The first-order valence-corrected chi connectivity index (χ1v) is 4.95. The van der Waals surface area contributed by atoms with E-state index in [4.69, 9.17) is 0 Å². The molecule has 1 atom stereocenters. The zero-order valence-corrected chi connectivity index (χ0v) is 9.07. The van der Waals surface area contributed by atoms with Crippen LogP contribution in [0.4, 0.5) is 4.39 Å². The van der Waals surface area contributed by atoms with Crippen LogP contribution in [-0.2, 0) is 27.2 Å². The van der Waals surface area contributed by atoms with Crippen LogP contribution < -0.4 is 0 Å². The molecule has 1 aromatic rings. The molecule has 0 spiro atoms. The highest BCUT2D eigenvalue weighted by Gasteiger charge is 2.53. The number of methoxy groups -OCH3 is 1. The van der Waals surface area contributed by atoms with Crippen LogP contribution in [-0.4, -0.2) is 29.1 Å². The number of hydrogen-bond acceptors (Lipinski definition) is 4. The molecule has 1 aliphatic carbocycles. The van der Waals surface area contributed by atoms with Crippen molar-refractivity contribution >= 4 is 11.9 Å². The number of ether oxygens (including phenoxy) is 1. The van der Waals surface area contributed by atoms with Gasteiger partial charge in [0.25, 0.3) is 0 Å². The Hall–Kier alpha value is -1.98. The van der Waals surface area contributed by atoms with E-state index in [9.17, 15) is 19.1 Å².